The van der Waals surface area contributed by atoms with Crippen molar-refractivity contribution in [1.29, 1.82) is 0 Å². The second kappa shape index (κ2) is 9.31. The maximum Gasteiger partial charge on any atom is 0.253 e. The number of nitrogens with one attached hydrogen (secondary N) is 2. The Hall–Kier alpha value is -3.26. The summed E-state index contributed by atoms with van der Waals surface area (Å²) in [5.74, 6) is 2.07. The Kier molecular flexibility index (Phi) is 6.09. The molecule has 0 unspecified atom stereocenters. The topological polar surface area (TPSA) is 75.8 Å². The van der Waals surface area contributed by atoms with Crippen LogP contribution in [-0.2, 0) is 6.54 Å². The second-order valence-electron chi connectivity index (χ2n) is 8.47. The number of methoxy groups -OCH3 is 1. The number of benzene rings is 2. The Morgan fingerprint density at radius 1 is 1.15 bits per heavy atom. The van der Waals surface area contributed by atoms with Crippen LogP contribution >= 0.6 is 12.2 Å². The van der Waals surface area contributed by atoms with E-state index in [0.717, 1.165) is 48.0 Å². The van der Waals surface area contributed by atoms with Crippen LogP contribution in [0, 0.1) is 0 Å². The summed E-state index contributed by atoms with van der Waals surface area (Å²) in [5, 5.41) is 4.85. The zero-order valence-corrected chi connectivity index (χ0v) is 19.4. The summed E-state index contributed by atoms with van der Waals surface area (Å²) in [5.41, 5.74) is 2.08. The van der Waals surface area contributed by atoms with Gasteiger partial charge >= 0.3 is 0 Å². The van der Waals surface area contributed by atoms with Crippen molar-refractivity contribution in [2.24, 2.45) is 0 Å². The van der Waals surface area contributed by atoms with Gasteiger partial charge in [-0.1, -0.05) is 31.4 Å². The quantitative estimate of drug-likeness (QED) is 0.525. The van der Waals surface area contributed by atoms with E-state index in [0.29, 0.717) is 28.7 Å². The normalized spacial score (nSPS) is 15.4. The monoisotopic (exact) mass is 465 g/mol. The minimum Gasteiger partial charge on any atom is -0.495 e. The number of hydrogen-bond donors (Lipinski definition) is 2. The molecule has 7 nitrogen and oxygen atoms in total. The number of thiocarbonyl (C=S) groups is 1. The van der Waals surface area contributed by atoms with Gasteiger partial charge in [0.15, 0.2) is 16.6 Å². The van der Waals surface area contributed by atoms with E-state index in [4.69, 9.17) is 26.4 Å². The van der Waals surface area contributed by atoms with E-state index in [2.05, 4.69) is 15.2 Å². The van der Waals surface area contributed by atoms with Crippen molar-refractivity contribution in [3.63, 3.8) is 0 Å². The average Bonchev–Trinajstić information content (AvgIpc) is 3.29. The third-order valence-electron chi connectivity index (χ3n) is 6.38. The number of nitrogens with zero attached hydrogens (tertiary/aromatic N) is 1. The number of para-hydroxylation sites is 2. The molecule has 5 rings (SSSR count). The summed E-state index contributed by atoms with van der Waals surface area (Å²) in [7, 11) is 1.64. The Morgan fingerprint density at radius 3 is 2.70 bits per heavy atom. The van der Waals surface area contributed by atoms with Gasteiger partial charge in [-0.25, -0.2) is 0 Å². The molecule has 2 aromatic carbocycles. The number of pyridine rings is 1. The zero-order valence-electron chi connectivity index (χ0n) is 18.6. The number of hydrogen-bond acceptors (Lipinski definition) is 5. The highest BCUT2D eigenvalue weighted by molar-refractivity contribution is 7.80. The van der Waals surface area contributed by atoms with Crippen molar-refractivity contribution in [1.82, 2.24) is 9.88 Å². The Labute approximate surface area is 197 Å². The van der Waals surface area contributed by atoms with Crippen molar-refractivity contribution in [2.45, 2.75) is 44.7 Å². The van der Waals surface area contributed by atoms with Crippen LogP contribution in [-0.4, -0.2) is 34.9 Å². The van der Waals surface area contributed by atoms with E-state index < -0.39 is 0 Å². The van der Waals surface area contributed by atoms with Crippen LogP contribution in [0.1, 0.15) is 37.7 Å². The lowest BCUT2D eigenvalue weighted by atomic mass is 9.94. The molecular formula is C25H27N3O4S. The minimum atomic E-state index is -0.123. The first-order valence-electron chi connectivity index (χ1n) is 11.3. The number of rotatable bonds is 5. The van der Waals surface area contributed by atoms with E-state index in [9.17, 15) is 4.79 Å². The summed E-state index contributed by atoms with van der Waals surface area (Å²) in [6.07, 6.45) is 5.67. The molecule has 2 aliphatic rings. The molecule has 2 N–H and O–H groups in total. The van der Waals surface area contributed by atoms with Crippen LogP contribution < -0.4 is 25.1 Å². The average molecular weight is 466 g/mol. The van der Waals surface area contributed by atoms with E-state index in [1.807, 2.05) is 42.5 Å². The molecule has 1 saturated carbocycles. The van der Waals surface area contributed by atoms with Crippen LogP contribution in [0.2, 0.25) is 0 Å². The van der Waals surface area contributed by atoms with Gasteiger partial charge in [-0.3, -0.25) is 4.79 Å². The lowest BCUT2D eigenvalue weighted by Crippen LogP contribution is -2.44. The van der Waals surface area contributed by atoms with Gasteiger partial charge in [-0.05, 0) is 49.3 Å². The molecule has 1 aromatic heterocycles. The van der Waals surface area contributed by atoms with Crippen LogP contribution in [0.25, 0.3) is 10.9 Å². The van der Waals surface area contributed by atoms with Gasteiger partial charge in [-0.15, -0.1) is 0 Å². The molecule has 0 saturated heterocycles. The summed E-state index contributed by atoms with van der Waals surface area (Å²) in [6, 6.07) is 13.6. The number of anilines is 1. The molecule has 0 radical (unpaired) electrons. The van der Waals surface area contributed by atoms with Gasteiger partial charge in [0.2, 0.25) is 6.79 Å². The molecule has 172 valence electrons. The van der Waals surface area contributed by atoms with Gasteiger partial charge in [0, 0.05) is 23.1 Å². The first-order chi connectivity index (χ1) is 16.1. The van der Waals surface area contributed by atoms with Crippen molar-refractivity contribution in [2.75, 3.05) is 19.2 Å². The van der Waals surface area contributed by atoms with Crippen LogP contribution in [0.4, 0.5) is 5.69 Å². The molecule has 8 heteroatoms. The molecule has 1 aliphatic heterocycles. The lowest BCUT2D eigenvalue weighted by Gasteiger charge is -2.36. The van der Waals surface area contributed by atoms with Gasteiger partial charge < -0.3 is 29.4 Å². The highest BCUT2D eigenvalue weighted by atomic mass is 32.1. The van der Waals surface area contributed by atoms with Crippen molar-refractivity contribution in [3.05, 3.63) is 58.4 Å². The second-order valence-corrected chi connectivity index (χ2v) is 8.85. The van der Waals surface area contributed by atoms with Crippen molar-refractivity contribution < 1.29 is 14.2 Å². The lowest BCUT2D eigenvalue weighted by molar-refractivity contribution is 0.174. The number of aromatic nitrogens is 1. The maximum atomic E-state index is 13.0. The molecule has 3 aromatic rings. The van der Waals surface area contributed by atoms with Gasteiger partial charge in [0.05, 0.1) is 24.9 Å². The predicted octanol–water partition coefficient (Wildman–Crippen LogP) is 4.80. The molecule has 2 heterocycles. The number of ether oxygens (including phenoxy) is 3. The van der Waals surface area contributed by atoms with Crippen molar-refractivity contribution >= 4 is 33.9 Å². The van der Waals surface area contributed by atoms with E-state index in [-0.39, 0.29) is 18.4 Å². The fraction of sp³-hybridized carbons (Fsp3) is 0.360. The van der Waals surface area contributed by atoms with Crippen LogP contribution in [0.5, 0.6) is 17.2 Å². The molecule has 0 bridgehead atoms. The van der Waals surface area contributed by atoms with Gasteiger partial charge in [0.1, 0.15) is 5.75 Å². The van der Waals surface area contributed by atoms with E-state index in [1.165, 1.54) is 6.42 Å². The largest absolute Gasteiger partial charge is 0.495 e. The minimum absolute atomic E-state index is 0.123. The number of fused-ring (bicyclic) bond motifs is 2. The number of aromatic amines is 1. The highest BCUT2D eigenvalue weighted by Gasteiger charge is 2.25. The van der Waals surface area contributed by atoms with Crippen LogP contribution in [0.3, 0.4) is 0 Å². The standard InChI is InChI=1S/C25H27N3O4S/c1-30-21-10-6-5-9-19(21)27-25(33)28(18-7-3-2-4-8-18)14-17-11-16-12-22-23(32-15-31-22)13-20(16)26-24(17)29/h5-6,9-13,18H,2-4,7-8,14-15H2,1H3,(H,26,29)(H,27,33). The smallest absolute Gasteiger partial charge is 0.253 e. The Bertz CT molecular complexity index is 1240. The molecule has 1 fully saturated rings. The maximum absolute atomic E-state index is 13.0. The third-order valence-corrected chi connectivity index (χ3v) is 6.72. The third kappa shape index (κ3) is 4.48. The highest BCUT2D eigenvalue weighted by Crippen LogP contribution is 2.35. The van der Waals surface area contributed by atoms with Crippen molar-refractivity contribution in [3.8, 4) is 17.2 Å². The molecule has 0 atom stereocenters. The molecule has 0 spiro atoms. The summed E-state index contributed by atoms with van der Waals surface area (Å²) in [6.45, 7) is 0.618. The Morgan fingerprint density at radius 2 is 1.91 bits per heavy atom. The molecule has 0 amide bonds. The fourth-order valence-corrected chi connectivity index (χ4v) is 4.96. The van der Waals surface area contributed by atoms with Gasteiger partial charge in [0.25, 0.3) is 5.56 Å². The summed E-state index contributed by atoms with van der Waals surface area (Å²) < 4.78 is 16.4. The molecule has 33 heavy (non-hydrogen) atoms. The Balaban J connectivity index is 1.46. The van der Waals surface area contributed by atoms with E-state index in [1.54, 1.807) is 7.11 Å². The predicted molar refractivity (Wildman–Crippen MR) is 132 cm³/mol. The van der Waals surface area contributed by atoms with Crippen LogP contribution in [0.15, 0.2) is 47.3 Å². The SMILES string of the molecule is COc1ccccc1NC(=S)N(Cc1cc2cc3c(cc2[nH]c1=O)OCO3)C1CCCCC1. The summed E-state index contributed by atoms with van der Waals surface area (Å²) in [4.78, 5) is 18.2. The fourth-order valence-electron chi connectivity index (χ4n) is 4.64. The first kappa shape index (κ1) is 21.6. The molecular weight excluding hydrogens is 438 g/mol. The van der Waals surface area contributed by atoms with E-state index >= 15 is 0 Å². The zero-order chi connectivity index (χ0) is 22.8. The first-order valence-corrected chi connectivity index (χ1v) is 11.7. The number of H-pyrrole nitrogens is 1. The molecule has 1 aliphatic carbocycles. The van der Waals surface area contributed by atoms with Gasteiger partial charge in [-0.2, -0.15) is 0 Å². The summed E-state index contributed by atoms with van der Waals surface area (Å²) >= 11 is 5.86.